The summed E-state index contributed by atoms with van der Waals surface area (Å²) >= 11 is 5.57. The Kier molecular flexibility index (Phi) is 5.42. The first-order chi connectivity index (χ1) is 9.49. The number of piperidine rings is 1. The van der Waals surface area contributed by atoms with Crippen molar-refractivity contribution in [1.29, 1.82) is 0 Å². The molecule has 20 heavy (non-hydrogen) atoms. The molecule has 0 radical (unpaired) electrons. The minimum absolute atomic E-state index is 0.0211. The summed E-state index contributed by atoms with van der Waals surface area (Å²) in [5, 5.41) is 8.99. The average Bonchev–Trinajstić information content (AvgIpc) is 2.41. The molecule has 1 saturated heterocycles. The summed E-state index contributed by atoms with van der Waals surface area (Å²) < 4.78 is 1.74. The molecule has 1 aromatic carbocycles. The summed E-state index contributed by atoms with van der Waals surface area (Å²) in [6.45, 7) is 0.634. The Morgan fingerprint density at radius 3 is 2.85 bits per heavy atom. The molecule has 1 aromatic rings. The van der Waals surface area contributed by atoms with E-state index in [1.807, 2.05) is 18.2 Å². The van der Waals surface area contributed by atoms with Gasteiger partial charge in [0.05, 0.1) is 12.0 Å². The largest absolute Gasteiger partial charge is 0.481 e. The molecule has 1 heterocycles. The van der Waals surface area contributed by atoms with E-state index in [0.29, 0.717) is 12.1 Å². The Labute approximate surface area is 139 Å². The molecule has 1 fully saturated rings. The molecule has 0 aromatic heterocycles. The van der Waals surface area contributed by atoms with Gasteiger partial charge < -0.3 is 10.0 Å². The number of nitrogens with zero attached hydrogens (tertiary/aromatic N) is 1. The number of halogens is 2. The van der Waals surface area contributed by atoms with Gasteiger partial charge in [-0.2, -0.15) is 0 Å². The highest BCUT2D eigenvalue weighted by molar-refractivity contribution is 14.1. The molecule has 6 heteroatoms. The highest BCUT2D eigenvalue weighted by atomic mass is 127. The number of hydrogen-bond acceptors (Lipinski definition) is 2. The van der Waals surface area contributed by atoms with Crippen LogP contribution in [0.1, 0.15) is 36.0 Å². The van der Waals surface area contributed by atoms with Crippen LogP contribution >= 0.6 is 38.5 Å². The lowest BCUT2D eigenvalue weighted by Gasteiger charge is -2.35. The molecule has 1 aliphatic rings. The van der Waals surface area contributed by atoms with Crippen LogP contribution in [0.15, 0.2) is 22.7 Å². The number of carboxylic acid groups (broad SMARTS) is 1. The van der Waals surface area contributed by atoms with E-state index in [4.69, 9.17) is 5.11 Å². The second kappa shape index (κ2) is 6.89. The quantitative estimate of drug-likeness (QED) is 0.715. The van der Waals surface area contributed by atoms with Crippen LogP contribution in [0.5, 0.6) is 0 Å². The SMILES string of the molecule is O=C(O)CC1CCCCN1C(=O)c1cc(I)ccc1Br. The van der Waals surface area contributed by atoms with Gasteiger partial charge in [0.1, 0.15) is 0 Å². The summed E-state index contributed by atoms with van der Waals surface area (Å²) in [6.07, 6.45) is 2.70. The topological polar surface area (TPSA) is 57.6 Å². The van der Waals surface area contributed by atoms with E-state index in [2.05, 4.69) is 38.5 Å². The van der Waals surface area contributed by atoms with Gasteiger partial charge in [0.2, 0.25) is 0 Å². The van der Waals surface area contributed by atoms with Crippen molar-refractivity contribution in [3.8, 4) is 0 Å². The Bertz CT molecular complexity index is 535. The lowest BCUT2D eigenvalue weighted by molar-refractivity contribution is -0.138. The van der Waals surface area contributed by atoms with E-state index in [0.717, 1.165) is 27.3 Å². The van der Waals surface area contributed by atoms with Crippen LogP contribution in [-0.4, -0.2) is 34.5 Å². The first-order valence-corrected chi connectivity index (χ1v) is 8.34. The molecule has 1 atom stereocenters. The average molecular weight is 452 g/mol. The Balaban J connectivity index is 2.25. The third-order valence-electron chi connectivity index (χ3n) is 3.46. The number of carbonyl (C=O) groups is 2. The standard InChI is InChI=1S/C14H15BrINO3/c15-12-5-4-9(16)7-11(12)14(20)17-6-2-1-3-10(17)8-13(18)19/h4-5,7,10H,1-3,6,8H2,(H,18,19). The maximum atomic E-state index is 12.7. The number of rotatable bonds is 3. The predicted molar refractivity (Wildman–Crippen MR) is 87.8 cm³/mol. The summed E-state index contributed by atoms with van der Waals surface area (Å²) in [6, 6.07) is 5.41. The van der Waals surface area contributed by atoms with Crippen molar-refractivity contribution >= 4 is 50.4 Å². The molecule has 0 aliphatic carbocycles. The fourth-order valence-electron chi connectivity index (χ4n) is 2.50. The van der Waals surface area contributed by atoms with Crippen molar-refractivity contribution in [2.24, 2.45) is 0 Å². The van der Waals surface area contributed by atoms with Crippen LogP contribution in [-0.2, 0) is 4.79 Å². The van der Waals surface area contributed by atoms with Crippen LogP contribution < -0.4 is 0 Å². The molecular weight excluding hydrogens is 437 g/mol. The molecule has 4 nitrogen and oxygen atoms in total. The van der Waals surface area contributed by atoms with E-state index in [1.54, 1.807) is 4.90 Å². The van der Waals surface area contributed by atoms with Crippen LogP contribution in [0.4, 0.5) is 0 Å². The summed E-state index contributed by atoms with van der Waals surface area (Å²) in [4.78, 5) is 25.3. The lowest BCUT2D eigenvalue weighted by atomic mass is 9.98. The van der Waals surface area contributed by atoms with E-state index < -0.39 is 5.97 Å². The van der Waals surface area contributed by atoms with Crippen molar-refractivity contribution in [2.45, 2.75) is 31.7 Å². The van der Waals surface area contributed by atoms with Gasteiger partial charge in [-0.05, 0) is 76.0 Å². The molecule has 1 N–H and O–H groups in total. The Hall–Kier alpha value is -0.630. The number of likely N-dealkylation sites (tertiary alicyclic amines) is 1. The second-order valence-electron chi connectivity index (χ2n) is 4.87. The zero-order chi connectivity index (χ0) is 14.7. The van der Waals surface area contributed by atoms with Gasteiger partial charge in [-0.25, -0.2) is 0 Å². The Morgan fingerprint density at radius 2 is 2.15 bits per heavy atom. The Morgan fingerprint density at radius 1 is 1.40 bits per heavy atom. The zero-order valence-corrected chi connectivity index (χ0v) is 14.6. The minimum Gasteiger partial charge on any atom is -0.481 e. The maximum absolute atomic E-state index is 12.7. The highest BCUT2D eigenvalue weighted by Crippen LogP contribution is 2.26. The number of amides is 1. The number of carbonyl (C=O) groups excluding carboxylic acids is 1. The summed E-state index contributed by atoms with van der Waals surface area (Å²) in [5.74, 6) is -0.933. The number of aliphatic carboxylic acids is 1. The monoisotopic (exact) mass is 451 g/mol. The van der Waals surface area contributed by atoms with Crippen molar-refractivity contribution in [3.05, 3.63) is 31.8 Å². The zero-order valence-electron chi connectivity index (χ0n) is 10.8. The fraction of sp³-hybridized carbons (Fsp3) is 0.429. The number of hydrogen-bond donors (Lipinski definition) is 1. The molecular formula is C14H15BrINO3. The van der Waals surface area contributed by atoms with E-state index in [-0.39, 0.29) is 18.4 Å². The summed E-state index contributed by atoms with van der Waals surface area (Å²) in [7, 11) is 0. The molecule has 1 amide bonds. The van der Waals surface area contributed by atoms with Gasteiger partial charge in [0, 0.05) is 20.6 Å². The maximum Gasteiger partial charge on any atom is 0.305 e. The number of carboxylic acids is 1. The molecule has 0 bridgehead atoms. The van der Waals surface area contributed by atoms with Gasteiger partial charge in [-0.1, -0.05) is 0 Å². The third kappa shape index (κ3) is 3.72. The van der Waals surface area contributed by atoms with Crippen LogP contribution in [0, 0.1) is 3.57 Å². The normalized spacial score (nSPS) is 18.9. The van der Waals surface area contributed by atoms with Crippen molar-refractivity contribution < 1.29 is 14.7 Å². The van der Waals surface area contributed by atoms with Crippen molar-refractivity contribution in [3.63, 3.8) is 0 Å². The third-order valence-corrected chi connectivity index (χ3v) is 4.82. The molecule has 108 valence electrons. The minimum atomic E-state index is -0.851. The molecule has 1 aliphatic heterocycles. The smallest absolute Gasteiger partial charge is 0.305 e. The van der Waals surface area contributed by atoms with Gasteiger partial charge in [-0.15, -0.1) is 0 Å². The molecule has 0 saturated carbocycles. The van der Waals surface area contributed by atoms with Crippen molar-refractivity contribution in [1.82, 2.24) is 4.90 Å². The lowest BCUT2D eigenvalue weighted by Crippen LogP contribution is -2.44. The van der Waals surface area contributed by atoms with Crippen LogP contribution in [0.3, 0.4) is 0 Å². The summed E-state index contributed by atoms with van der Waals surface area (Å²) in [5.41, 5.74) is 0.606. The highest BCUT2D eigenvalue weighted by Gasteiger charge is 2.29. The van der Waals surface area contributed by atoms with Gasteiger partial charge in [0.25, 0.3) is 5.91 Å². The van der Waals surface area contributed by atoms with E-state index >= 15 is 0 Å². The first kappa shape index (κ1) is 15.8. The second-order valence-corrected chi connectivity index (χ2v) is 6.97. The van der Waals surface area contributed by atoms with E-state index in [9.17, 15) is 9.59 Å². The van der Waals surface area contributed by atoms with Crippen LogP contribution in [0.2, 0.25) is 0 Å². The van der Waals surface area contributed by atoms with Gasteiger partial charge in [0.15, 0.2) is 0 Å². The fourth-order valence-corrected chi connectivity index (χ4v) is 3.41. The van der Waals surface area contributed by atoms with Crippen LogP contribution in [0.25, 0.3) is 0 Å². The first-order valence-electron chi connectivity index (χ1n) is 6.47. The van der Waals surface area contributed by atoms with Gasteiger partial charge in [-0.3, -0.25) is 9.59 Å². The predicted octanol–water partition coefficient (Wildman–Crippen LogP) is 3.52. The molecule has 1 unspecified atom stereocenters. The van der Waals surface area contributed by atoms with Gasteiger partial charge >= 0.3 is 5.97 Å². The van der Waals surface area contributed by atoms with Crippen molar-refractivity contribution in [2.75, 3.05) is 6.54 Å². The molecule has 2 rings (SSSR count). The number of benzene rings is 1. The molecule has 0 spiro atoms. The van der Waals surface area contributed by atoms with E-state index in [1.165, 1.54) is 0 Å².